The van der Waals surface area contributed by atoms with Gasteiger partial charge in [-0.15, -0.1) is 23.2 Å². The molecule has 0 bridgehead atoms. The number of aryl methyl sites for hydroxylation is 1. The van der Waals surface area contributed by atoms with Gasteiger partial charge in [-0.25, -0.2) is 0 Å². The molecule has 2 heterocycles. The predicted octanol–water partition coefficient (Wildman–Crippen LogP) is 12.5. The second-order valence-corrected chi connectivity index (χ2v) is 15.0. The lowest BCUT2D eigenvalue weighted by molar-refractivity contribution is 0.102. The first kappa shape index (κ1) is 41.5. The fourth-order valence-electron chi connectivity index (χ4n) is 5.13. The molecule has 2 saturated heterocycles. The van der Waals surface area contributed by atoms with Crippen LogP contribution in [-0.4, -0.2) is 36.9 Å². The van der Waals surface area contributed by atoms with Crippen molar-refractivity contribution >= 4 is 29.0 Å². The number of Topliss-reactive ketones (excluding diaryl/α,β-unsaturated/α-hetero) is 1. The minimum Gasteiger partial charge on any atom is -0.373 e. The van der Waals surface area contributed by atoms with E-state index in [4.69, 9.17) is 32.7 Å². The van der Waals surface area contributed by atoms with Crippen molar-refractivity contribution in [3.8, 4) is 0 Å². The number of ketones is 1. The number of halogens is 2. The molecule has 3 nitrogen and oxygen atoms in total. The summed E-state index contributed by atoms with van der Waals surface area (Å²) in [4.78, 5) is 11.2. The average Bonchev–Trinajstić information content (AvgIpc) is 4.06. The maximum absolute atomic E-state index is 11.2. The van der Waals surface area contributed by atoms with Gasteiger partial charge < -0.3 is 9.47 Å². The van der Waals surface area contributed by atoms with E-state index in [0.717, 1.165) is 26.1 Å². The van der Waals surface area contributed by atoms with E-state index >= 15 is 0 Å². The molecule has 50 heavy (non-hydrogen) atoms. The van der Waals surface area contributed by atoms with Crippen LogP contribution in [0.2, 0.25) is 0 Å². The van der Waals surface area contributed by atoms with Crippen molar-refractivity contribution in [2.24, 2.45) is 0 Å². The lowest BCUT2D eigenvalue weighted by Crippen LogP contribution is -2.00. The molecule has 0 saturated carbocycles. The highest BCUT2D eigenvalue weighted by atomic mass is 35.5. The highest BCUT2D eigenvalue weighted by molar-refractivity contribution is 6.30. The first-order valence-electron chi connectivity index (χ1n) is 18.2. The highest BCUT2D eigenvalue weighted by Crippen LogP contribution is 2.30. The molecule has 0 spiro atoms. The molecular weight excluding hydrogens is 659 g/mol. The number of hydrogen-bond donors (Lipinski definition) is 0. The van der Waals surface area contributed by atoms with E-state index in [-0.39, 0.29) is 11.7 Å². The second-order valence-electron chi connectivity index (χ2n) is 14.4. The number of epoxide rings is 2. The quantitative estimate of drug-likeness (QED) is 0.0881. The molecule has 0 N–H and O–H groups in total. The fourth-order valence-corrected chi connectivity index (χ4v) is 5.51. The topological polar surface area (TPSA) is 42.1 Å². The summed E-state index contributed by atoms with van der Waals surface area (Å²) in [5.74, 6) is 3.12. The van der Waals surface area contributed by atoms with Gasteiger partial charge in [-0.05, 0) is 69.0 Å². The van der Waals surface area contributed by atoms with Crippen molar-refractivity contribution in [1.82, 2.24) is 0 Å². The van der Waals surface area contributed by atoms with Gasteiger partial charge in [0.15, 0.2) is 5.78 Å². The van der Waals surface area contributed by atoms with Gasteiger partial charge in [-0.1, -0.05) is 152 Å². The van der Waals surface area contributed by atoms with Crippen LogP contribution < -0.4 is 0 Å². The van der Waals surface area contributed by atoms with Gasteiger partial charge in [-0.2, -0.15) is 0 Å². The Balaban J connectivity index is 0.000000180. The van der Waals surface area contributed by atoms with E-state index in [0.29, 0.717) is 47.3 Å². The first-order chi connectivity index (χ1) is 23.9. The van der Waals surface area contributed by atoms with Crippen molar-refractivity contribution in [1.29, 1.82) is 0 Å². The van der Waals surface area contributed by atoms with Gasteiger partial charge in [0, 0.05) is 17.9 Å². The normalized spacial score (nSPS) is 15.8. The molecule has 4 aromatic rings. The zero-order chi connectivity index (χ0) is 36.6. The molecule has 2 atom stereocenters. The van der Waals surface area contributed by atoms with Crippen LogP contribution in [0.5, 0.6) is 0 Å². The Morgan fingerprint density at radius 1 is 0.580 bits per heavy atom. The zero-order valence-electron chi connectivity index (χ0n) is 31.4. The Morgan fingerprint density at radius 3 is 1.30 bits per heavy atom. The van der Waals surface area contributed by atoms with Crippen LogP contribution in [0.4, 0.5) is 0 Å². The summed E-state index contributed by atoms with van der Waals surface area (Å²) in [6, 6.07) is 34.0. The van der Waals surface area contributed by atoms with Gasteiger partial charge in [0.25, 0.3) is 0 Å². The highest BCUT2D eigenvalue weighted by Gasteiger charge is 2.24. The first-order valence-corrected chi connectivity index (χ1v) is 19.2. The molecule has 2 unspecified atom stereocenters. The van der Waals surface area contributed by atoms with E-state index in [2.05, 4.69) is 128 Å². The van der Waals surface area contributed by atoms with Crippen LogP contribution in [0, 0.1) is 0 Å². The molecule has 4 aromatic carbocycles. The van der Waals surface area contributed by atoms with Gasteiger partial charge in [0.2, 0.25) is 0 Å². The van der Waals surface area contributed by atoms with Crippen LogP contribution in [0.15, 0.2) is 97.1 Å². The Morgan fingerprint density at radius 2 is 0.960 bits per heavy atom. The van der Waals surface area contributed by atoms with Crippen LogP contribution in [0.1, 0.15) is 134 Å². The number of carbonyl (C=O) groups excluding carboxylic acids is 1. The smallest absolute Gasteiger partial charge is 0.177 e. The summed E-state index contributed by atoms with van der Waals surface area (Å²) in [5, 5.41) is 0. The van der Waals surface area contributed by atoms with Crippen molar-refractivity contribution in [2.75, 3.05) is 25.0 Å². The molecular formula is C45H58Cl2O3. The van der Waals surface area contributed by atoms with Gasteiger partial charge in [-0.3, -0.25) is 4.79 Å². The lowest BCUT2D eigenvalue weighted by atomic mass is 10.0. The molecule has 0 radical (unpaired) electrons. The van der Waals surface area contributed by atoms with E-state index in [1.807, 2.05) is 24.3 Å². The summed E-state index contributed by atoms with van der Waals surface area (Å²) in [6.45, 7) is 19.4. The zero-order valence-corrected chi connectivity index (χ0v) is 32.9. The standard InChI is InChI=1S/C12H16O.C11H13ClO.C11H15Cl.C11H14O/c1-9(2)11-5-3-10(4-6-11)7-12-8-13-12;1-8(2)9-3-5-10(6-4-9)11(13)7-12;1-9(2)11-5-3-10(4-6-11)7-8-12;1-8(2)9-3-5-10(6-4-9)11-7-12-11/h3-6,9,12H,7-8H2,1-2H3;3-6,8H,7H2,1-2H3;3-6,9H,7-8H2,1-2H3;3-6,8,11H,7H2,1-2H3. The summed E-state index contributed by atoms with van der Waals surface area (Å²) in [5.41, 5.74) is 10.2. The molecule has 6 rings (SSSR count). The van der Waals surface area contributed by atoms with Crippen molar-refractivity contribution in [2.45, 2.75) is 104 Å². The third-order valence-corrected chi connectivity index (χ3v) is 9.30. The van der Waals surface area contributed by atoms with E-state index < -0.39 is 0 Å². The maximum atomic E-state index is 11.2. The van der Waals surface area contributed by atoms with E-state index in [9.17, 15) is 4.79 Å². The maximum Gasteiger partial charge on any atom is 0.177 e. The van der Waals surface area contributed by atoms with E-state index in [1.54, 1.807) is 0 Å². The summed E-state index contributed by atoms with van der Waals surface area (Å²) in [6.07, 6.45) is 2.95. The Kier molecular flexibility index (Phi) is 17.8. The number of hydrogen-bond acceptors (Lipinski definition) is 3. The van der Waals surface area contributed by atoms with Crippen LogP contribution >= 0.6 is 23.2 Å². The third kappa shape index (κ3) is 15.1. The Bertz CT molecular complexity index is 1490. The van der Waals surface area contributed by atoms with Crippen molar-refractivity contribution in [3.63, 3.8) is 0 Å². The molecule has 2 fully saturated rings. The van der Waals surface area contributed by atoms with Crippen LogP contribution in [0.3, 0.4) is 0 Å². The molecule has 270 valence electrons. The minimum atomic E-state index is -0.0167. The molecule has 5 heteroatoms. The number of rotatable bonds is 11. The van der Waals surface area contributed by atoms with Gasteiger partial charge >= 0.3 is 0 Å². The van der Waals surface area contributed by atoms with Crippen LogP contribution in [0.25, 0.3) is 0 Å². The molecule has 2 aliphatic rings. The number of carbonyl (C=O) groups is 1. The molecule has 0 amide bonds. The largest absolute Gasteiger partial charge is 0.373 e. The molecule has 2 aliphatic heterocycles. The van der Waals surface area contributed by atoms with Gasteiger partial charge in [0.1, 0.15) is 6.10 Å². The molecule has 0 aromatic heterocycles. The SMILES string of the molecule is CC(C)c1ccc(C(=O)CCl)cc1.CC(C)c1ccc(C2CO2)cc1.CC(C)c1ccc(CC2CO2)cc1.CC(C)c1ccc(CCCl)cc1. The summed E-state index contributed by atoms with van der Waals surface area (Å²) >= 11 is 11.1. The Hall–Kier alpha value is -2.95. The van der Waals surface area contributed by atoms with E-state index in [1.165, 1.54) is 38.9 Å². The Labute approximate surface area is 312 Å². The van der Waals surface area contributed by atoms with Gasteiger partial charge in [0.05, 0.1) is 25.2 Å². The third-order valence-electron chi connectivity index (χ3n) is 8.87. The number of ether oxygens (including phenoxy) is 2. The fraction of sp³-hybridized carbons (Fsp3) is 0.444. The van der Waals surface area contributed by atoms with Crippen molar-refractivity contribution < 1.29 is 14.3 Å². The summed E-state index contributed by atoms with van der Waals surface area (Å²) in [7, 11) is 0. The number of alkyl halides is 2. The monoisotopic (exact) mass is 716 g/mol. The average molecular weight is 718 g/mol. The number of benzene rings is 4. The minimum absolute atomic E-state index is 0.0167. The lowest BCUT2D eigenvalue weighted by Gasteiger charge is -2.05. The van der Waals surface area contributed by atoms with Crippen molar-refractivity contribution in [3.05, 3.63) is 142 Å². The van der Waals surface area contributed by atoms with Crippen LogP contribution in [-0.2, 0) is 22.3 Å². The summed E-state index contributed by atoms with van der Waals surface area (Å²) < 4.78 is 10.4. The molecule has 0 aliphatic carbocycles. The second kappa shape index (κ2) is 21.4. The predicted molar refractivity (Wildman–Crippen MR) is 214 cm³/mol.